The fourth-order valence-corrected chi connectivity index (χ4v) is 5.35. The van der Waals surface area contributed by atoms with E-state index in [2.05, 4.69) is 21.4 Å². The molecule has 254 valence electrons. The lowest BCUT2D eigenvalue weighted by Gasteiger charge is -2.22. The monoisotopic (exact) mass is 676 g/mol. The number of rotatable bonds is 15. The van der Waals surface area contributed by atoms with E-state index in [1.54, 1.807) is 60.8 Å². The number of primary amides is 1. The average molecular weight is 677 g/mol. The van der Waals surface area contributed by atoms with Gasteiger partial charge in [0.2, 0.25) is 5.91 Å². The van der Waals surface area contributed by atoms with Crippen molar-refractivity contribution in [1.29, 1.82) is 5.41 Å². The van der Waals surface area contributed by atoms with Gasteiger partial charge in [0.1, 0.15) is 17.5 Å². The highest BCUT2D eigenvalue weighted by Gasteiger charge is 2.25. The van der Waals surface area contributed by atoms with Gasteiger partial charge in [-0.05, 0) is 61.0 Å². The number of aromatic nitrogens is 3. The molecule has 0 unspecified atom stereocenters. The Balaban J connectivity index is 1.46. The van der Waals surface area contributed by atoms with Gasteiger partial charge in [0, 0.05) is 49.6 Å². The minimum atomic E-state index is -4.04. The minimum absolute atomic E-state index is 0.0148. The number of benzene rings is 2. The Morgan fingerprint density at radius 2 is 1.73 bits per heavy atom. The molecule has 0 saturated carbocycles. The highest BCUT2D eigenvalue weighted by Crippen LogP contribution is 2.22. The molecule has 0 saturated heterocycles. The molecule has 4 N–H and O–H groups in total. The number of fused-ring (bicyclic) bond motifs is 1. The summed E-state index contributed by atoms with van der Waals surface area (Å²) in [7, 11) is -2.17. The lowest BCUT2D eigenvalue weighted by molar-refractivity contribution is -0.117. The summed E-state index contributed by atoms with van der Waals surface area (Å²) >= 11 is 0. The van der Waals surface area contributed by atoms with Crippen LogP contribution < -0.4 is 16.0 Å². The van der Waals surface area contributed by atoms with Crippen molar-refractivity contribution in [2.24, 2.45) is 12.8 Å². The number of amidine groups is 1. The highest BCUT2D eigenvalue weighted by atomic mass is 32.2. The molecule has 0 aliphatic carbocycles. The second-order valence-electron chi connectivity index (χ2n) is 11.2. The van der Waals surface area contributed by atoms with Gasteiger partial charge in [-0.1, -0.05) is 32.3 Å². The van der Waals surface area contributed by atoms with Gasteiger partial charge in [-0.2, -0.15) is 8.42 Å². The van der Waals surface area contributed by atoms with Crippen LogP contribution in [0.1, 0.15) is 60.8 Å². The van der Waals surface area contributed by atoms with E-state index < -0.39 is 22.1 Å². The smallest absolute Gasteiger partial charge is 0.378 e. The number of pyridine rings is 1. The van der Waals surface area contributed by atoms with E-state index in [1.165, 1.54) is 4.90 Å². The number of aryl methyl sites for hydroxylation is 1. The van der Waals surface area contributed by atoms with E-state index in [1.807, 2.05) is 17.7 Å². The Bertz CT molecular complexity index is 1880. The Morgan fingerprint density at radius 1 is 1.00 bits per heavy atom. The van der Waals surface area contributed by atoms with Crippen LogP contribution in [0.5, 0.6) is 0 Å². The lowest BCUT2D eigenvalue weighted by Crippen LogP contribution is -2.39. The maximum atomic E-state index is 13.5. The second kappa shape index (κ2) is 16.0. The molecule has 0 bridgehead atoms. The van der Waals surface area contributed by atoms with Crippen molar-refractivity contribution in [3.8, 4) is 0 Å². The van der Waals surface area contributed by atoms with Crippen molar-refractivity contribution in [3.05, 3.63) is 83.8 Å². The summed E-state index contributed by atoms with van der Waals surface area (Å²) in [5.41, 5.74) is 8.29. The van der Waals surface area contributed by atoms with E-state index in [-0.39, 0.29) is 31.3 Å². The first-order valence-corrected chi connectivity index (χ1v) is 17.3. The first-order valence-electron chi connectivity index (χ1n) is 15.5. The van der Waals surface area contributed by atoms with Crippen LogP contribution in [0, 0.1) is 5.41 Å². The van der Waals surface area contributed by atoms with Crippen LogP contribution in [-0.2, 0) is 32.7 Å². The molecular weight excluding hydrogens is 636 g/mol. The number of carbonyl (C=O) groups is 3. The molecule has 0 atom stereocenters. The molecule has 4 rings (SSSR count). The van der Waals surface area contributed by atoms with E-state index in [0.717, 1.165) is 41.6 Å². The van der Waals surface area contributed by atoms with E-state index in [9.17, 15) is 22.8 Å². The zero-order valence-corrected chi connectivity index (χ0v) is 28.0. The molecular formula is C33H40N8O6S. The predicted molar refractivity (Wildman–Crippen MR) is 183 cm³/mol. The number of hydrogen-bond donors (Lipinski definition) is 3. The van der Waals surface area contributed by atoms with Crippen LogP contribution in [-0.4, -0.2) is 70.9 Å². The van der Waals surface area contributed by atoms with Gasteiger partial charge in [-0.3, -0.25) is 24.8 Å². The van der Waals surface area contributed by atoms with Crippen LogP contribution in [0.2, 0.25) is 0 Å². The predicted octanol–water partition coefficient (Wildman–Crippen LogP) is 4.41. The number of amides is 3. The van der Waals surface area contributed by atoms with Crippen LogP contribution >= 0.6 is 0 Å². The number of nitrogens with one attached hydrogen (secondary N) is 2. The number of hydrogen-bond acceptors (Lipinski definition) is 10. The maximum Gasteiger partial charge on any atom is 0.431 e. The molecule has 0 aliphatic heterocycles. The topological polar surface area (TPSA) is 194 Å². The molecule has 48 heavy (non-hydrogen) atoms. The van der Waals surface area contributed by atoms with Crippen molar-refractivity contribution in [2.45, 2.75) is 45.6 Å². The summed E-state index contributed by atoms with van der Waals surface area (Å²) < 4.78 is 29.6. The first kappa shape index (κ1) is 35.5. The maximum absolute atomic E-state index is 13.5. The minimum Gasteiger partial charge on any atom is -0.378 e. The number of nitrogens with zero attached hydrogens (tertiary/aromatic N) is 5. The van der Waals surface area contributed by atoms with E-state index in [4.69, 9.17) is 16.1 Å². The number of nitrogens with two attached hydrogens (primary N) is 1. The van der Waals surface area contributed by atoms with Crippen molar-refractivity contribution >= 4 is 56.4 Å². The van der Waals surface area contributed by atoms with Crippen LogP contribution in [0.3, 0.4) is 0 Å². The summed E-state index contributed by atoms with van der Waals surface area (Å²) in [6, 6.07) is 17.2. The largest absolute Gasteiger partial charge is 0.431 e. The fraction of sp³-hybridized carbons (Fsp3) is 0.333. The number of anilines is 2. The van der Waals surface area contributed by atoms with Crippen molar-refractivity contribution in [2.75, 3.05) is 29.6 Å². The average Bonchev–Trinajstić information content (AvgIpc) is 3.37. The number of unbranched alkanes of at least 4 members (excludes halogenated alkanes) is 3. The van der Waals surface area contributed by atoms with Gasteiger partial charge in [0.25, 0.3) is 5.91 Å². The van der Waals surface area contributed by atoms with Gasteiger partial charge in [-0.15, -0.1) is 0 Å². The first-order chi connectivity index (χ1) is 22.9. The van der Waals surface area contributed by atoms with Crippen molar-refractivity contribution in [3.63, 3.8) is 0 Å². The van der Waals surface area contributed by atoms with Gasteiger partial charge in [-0.25, -0.2) is 14.8 Å². The zero-order valence-electron chi connectivity index (χ0n) is 27.2. The zero-order chi connectivity index (χ0) is 34.8. The molecule has 3 amide bonds. The summed E-state index contributed by atoms with van der Waals surface area (Å²) in [5, 5.41) is 11.9. The summed E-state index contributed by atoms with van der Waals surface area (Å²) in [6.45, 7) is 2.63. The second-order valence-corrected chi connectivity index (χ2v) is 12.8. The standard InChI is InChI=1S/C33H40N8O6S/c1-4-5-6-9-19-41(33(44)47-48(3,45)46)31(35)23-11-14-25(15-12-23)37-22-30-38-26-21-24(13-16-27(26)39(30)2)32(43)40(20-17-28(34)42)29-10-7-8-18-36-29/h7-8,10-16,18,21,35,37H,4-6,9,17,19-20,22H2,1-3H3,(H2,34,42). The fourth-order valence-electron chi connectivity index (χ4n) is 5.00. The van der Waals surface area contributed by atoms with Gasteiger partial charge >= 0.3 is 16.2 Å². The molecule has 15 heteroatoms. The SMILES string of the molecule is CCCCCCN(C(=N)c1ccc(NCc2nc3cc(C(=O)N(CCC(N)=O)c4ccccn4)ccc3n2C)cc1)C(=O)OS(C)(=O)=O. The Labute approximate surface area is 279 Å². The third-order valence-electron chi connectivity index (χ3n) is 7.53. The van der Waals surface area contributed by atoms with Crippen LogP contribution in [0.4, 0.5) is 16.3 Å². The highest BCUT2D eigenvalue weighted by molar-refractivity contribution is 7.86. The van der Waals surface area contributed by atoms with Gasteiger partial charge < -0.3 is 19.8 Å². The lowest BCUT2D eigenvalue weighted by atomic mass is 10.1. The Morgan fingerprint density at radius 3 is 2.38 bits per heavy atom. The summed E-state index contributed by atoms with van der Waals surface area (Å²) in [5.74, 6) is 0.0801. The van der Waals surface area contributed by atoms with Crippen LogP contribution in [0.15, 0.2) is 66.9 Å². The summed E-state index contributed by atoms with van der Waals surface area (Å²) in [6.07, 6.45) is 4.61. The number of imidazole rings is 1. The molecule has 0 aliphatic rings. The molecule has 14 nitrogen and oxygen atoms in total. The molecule has 0 radical (unpaired) electrons. The molecule has 4 aromatic rings. The third kappa shape index (κ3) is 9.37. The Hall–Kier alpha value is -5.31. The third-order valence-corrected chi connectivity index (χ3v) is 7.98. The van der Waals surface area contributed by atoms with Crippen LogP contribution in [0.25, 0.3) is 11.0 Å². The molecule has 0 spiro atoms. The van der Waals surface area contributed by atoms with Gasteiger partial charge in [0.05, 0.1) is 23.8 Å². The Kier molecular flexibility index (Phi) is 11.8. The summed E-state index contributed by atoms with van der Waals surface area (Å²) in [4.78, 5) is 49.0. The van der Waals surface area contributed by atoms with E-state index >= 15 is 0 Å². The van der Waals surface area contributed by atoms with Crippen molar-refractivity contribution < 1.29 is 27.0 Å². The quantitative estimate of drug-likeness (QED) is 0.0708. The molecule has 2 heterocycles. The molecule has 2 aromatic carbocycles. The van der Waals surface area contributed by atoms with E-state index in [0.29, 0.717) is 41.3 Å². The van der Waals surface area contributed by atoms with Crippen molar-refractivity contribution in [1.82, 2.24) is 19.4 Å². The normalized spacial score (nSPS) is 11.2. The molecule has 0 fully saturated rings. The number of carbonyl (C=O) groups excluding carboxylic acids is 3. The van der Waals surface area contributed by atoms with Gasteiger partial charge in [0.15, 0.2) is 0 Å². The molecule has 2 aromatic heterocycles.